The molecule has 0 radical (unpaired) electrons. The van der Waals surface area contributed by atoms with Crippen molar-refractivity contribution in [2.24, 2.45) is 0 Å². The Hall–Kier alpha value is -2.00. The van der Waals surface area contributed by atoms with E-state index in [0.29, 0.717) is 30.1 Å². The lowest BCUT2D eigenvalue weighted by atomic mass is 10.1. The standard InChI is InChI=1S/C20H27FN2O4S/c1-15-12-18(8-9-20(15)27-11-10-26-4)28(24,25)22-14-19(23(2)3)16-6-5-7-17(21)13-16/h5-9,12-13,19,22H,10-11,14H2,1-4H3/t19-/m1/s1. The van der Waals surface area contributed by atoms with Gasteiger partial charge in [-0.3, -0.25) is 0 Å². The van der Waals surface area contributed by atoms with Crippen LogP contribution in [0.3, 0.4) is 0 Å². The van der Waals surface area contributed by atoms with Gasteiger partial charge in [-0.2, -0.15) is 0 Å². The Kier molecular flexibility index (Phi) is 7.94. The lowest BCUT2D eigenvalue weighted by Gasteiger charge is -2.25. The minimum Gasteiger partial charge on any atom is -0.491 e. The maximum Gasteiger partial charge on any atom is 0.240 e. The lowest BCUT2D eigenvalue weighted by Crippen LogP contribution is -2.34. The quantitative estimate of drug-likeness (QED) is 0.610. The van der Waals surface area contributed by atoms with Gasteiger partial charge in [0, 0.05) is 19.7 Å². The molecule has 0 aromatic heterocycles. The molecule has 0 fully saturated rings. The second kappa shape index (κ2) is 9.97. The van der Waals surface area contributed by atoms with Crippen LogP contribution < -0.4 is 9.46 Å². The number of hydrogen-bond acceptors (Lipinski definition) is 5. The number of methoxy groups -OCH3 is 1. The summed E-state index contributed by atoms with van der Waals surface area (Å²) in [4.78, 5) is 2.00. The van der Waals surface area contributed by atoms with Gasteiger partial charge < -0.3 is 14.4 Å². The van der Waals surface area contributed by atoms with Crippen LogP contribution in [0.25, 0.3) is 0 Å². The van der Waals surface area contributed by atoms with Gasteiger partial charge in [-0.1, -0.05) is 12.1 Å². The molecular formula is C20H27FN2O4S. The van der Waals surface area contributed by atoms with E-state index in [1.165, 1.54) is 18.2 Å². The Balaban J connectivity index is 2.12. The molecular weight excluding hydrogens is 383 g/mol. The number of sulfonamides is 1. The Bertz CT molecular complexity index is 888. The van der Waals surface area contributed by atoms with Crippen molar-refractivity contribution >= 4 is 10.0 Å². The third kappa shape index (κ3) is 6.00. The fourth-order valence-corrected chi connectivity index (χ4v) is 3.89. The van der Waals surface area contributed by atoms with Crippen LogP contribution in [0, 0.1) is 12.7 Å². The highest BCUT2D eigenvalue weighted by atomic mass is 32.2. The fourth-order valence-electron chi connectivity index (χ4n) is 2.77. The number of nitrogens with zero attached hydrogens (tertiary/aromatic N) is 1. The van der Waals surface area contributed by atoms with Crippen LogP contribution in [-0.4, -0.2) is 54.3 Å². The van der Waals surface area contributed by atoms with Gasteiger partial charge in [0.05, 0.1) is 11.5 Å². The molecule has 8 heteroatoms. The average molecular weight is 411 g/mol. The minimum absolute atomic E-state index is 0.115. The van der Waals surface area contributed by atoms with E-state index in [4.69, 9.17) is 9.47 Å². The summed E-state index contributed by atoms with van der Waals surface area (Å²) in [5.41, 5.74) is 1.42. The normalized spacial score (nSPS) is 12.9. The first-order valence-corrected chi connectivity index (χ1v) is 10.4. The molecule has 0 spiro atoms. The van der Waals surface area contributed by atoms with E-state index in [1.54, 1.807) is 38.3 Å². The van der Waals surface area contributed by atoms with Gasteiger partial charge >= 0.3 is 0 Å². The first-order chi connectivity index (χ1) is 13.2. The number of hydrogen-bond donors (Lipinski definition) is 1. The Labute approximate surface area is 166 Å². The number of benzene rings is 2. The molecule has 2 aromatic rings. The monoisotopic (exact) mass is 410 g/mol. The van der Waals surface area contributed by atoms with Crippen molar-refractivity contribution in [2.45, 2.75) is 17.9 Å². The van der Waals surface area contributed by atoms with Crippen LogP contribution in [0.15, 0.2) is 47.4 Å². The van der Waals surface area contributed by atoms with Crippen molar-refractivity contribution in [3.05, 3.63) is 59.4 Å². The number of ether oxygens (including phenoxy) is 2. The number of rotatable bonds is 10. The van der Waals surface area contributed by atoms with E-state index >= 15 is 0 Å². The summed E-state index contributed by atoms with van der Waals surface area (Å²) in [6.45, 7) is 2.74. The molecule has 154 valence electrons. The molecule has 1 atom stereocenters. The van der Waals surface area contributed by atoms with E-state index in [-0.39, 0.29) is 23.3 Å². The van der Waals surface area contributed by atoms with Crippen molar-refractivity contribution in [1.29, 1.82) is 0 Å². The first-order valence-electron chi connectivity index (χ1n) is 8.88. The minimum atomic E-state index is -3.72. The molecule has 28 heavy (non-hydrogen) atoms. The number of nitrogens with one attached hydrogen (secondary N) is 1. The summed E-state index contributed by atoms with van der Waals surface area (Å²) >= 11 is 0. The van der Waals surface area contributed by atoms with Gasteiger partial charge in [-0.15, -0.1) is 0 Å². The first kappa shape index (κ1) is 22.3. The predicted molar refractivity (Wildman–Crippen MR) is 107 cm³/mol. The van der Waals surface area contributed by atoms with Crippen LogP contribution in [0.2, 0.25) is 0 Å². The highest BCUT2D eigenvalue weighted by Gasteiger charge is 2.20. The molecule has 2 rings (SSSR count). The smallest absolute Gasteiger partial charge is 0.240 e. The van der Waals surface area contributed by atoms with E-state index in [9.17, 15) is 12.8 Å². The van der Waals surface area contributed by atoms with Crippen LogP contribution in [0.1, 0.15) is 17.2 Å². The fraction of sp³-hybridized carbons (Fsp3) is 0.400. The van der Waals surface area contributed by atoms with E-state index in [2.05, 4.69) is 4.72 Å². The van der Waals surface area contributed by atoms with Gasteiger partial charge in [0.25, 0.3) is 0 Å². The summed E-state index contributed by atoms with van der Waals surface area (Å²) < 4.78 is 52.1. The van der Waals surface area contributed by atoms with Gasteiger partial charge in [-0.25, -0.2) is 17.5 Å². The molecule has 2 aromatic carbocycles. The Morgan fingerprint density at radius 2 is 1.89 bits per heavy atom. The molecule has 6 nitrogen and oxygen atoms in total. The molecule has 0 bridgehead atoms. The summed E-state index contributed by atoms with van der Waals surface area (Å²) in [6, 6.07) is 10.6. The van der Waals surface area contributed by atoms with Crippen molar-refractivity contribution in [2.75, 3.05) is 41.0 Å². The summed E-state index contributed by atoms with van der Waals surface area (Å²) in [7, 11) is 1.50. The van der Waals surface area contributed by atoms with Crippen LogP contribution >= 0.6 is 0 Å². The van der Waals surface area contributed by atoms with Gasteiger partial charge in [0.2, 0.25) is 10.0 Å². The van der Waals surface area contributed by atoms with Crippen LogP contribution in [0.4, 0.5) is 4.39 Å². The molecule has 1 N–H and O–H groups in total. The van der Waals surface area contributed by atoms with Gasteiger partial charge in [-0.05, 0) is 62.5 Å². The molecule has 0 amide bonds. The topological polar surface area (TPSA) is 67.9 Å². The number of aryl methyl sites for hydroxylation is 1. The second-order valence-corrected chi connectivity index (χ2v) is 8.42. The van der Waals surface area contributed by atoms with Crippen molar-refractivity contribution in [3.63, 3.8) is 0 Å². The zero-order valence-electron chi connectivity index (χ0n) is 16.6. The zero-order valence-corrected chi connectivity index (χ0v) is 17.4. The summed E-state index contributed by atoms with van der Waals surface area (Å²) in [5, 5.41) is 0. The van der Waals surface area contributed by atoms with Crippen molar-refractivity contribution < 1.29 is 22.3 Å². The zero-order chi connectivity index (χ0) is 20.7. The predicted octanol–water partition coefficient (Wildman–Crippen LogP) is 2.74. The maximum absolute atomic E-state index is 13.5. The molecule has 0 saturated heterocycles. The molecule has 0 saturated carbocycles. The Morgan fingerprint density at radius 1 is 1.14 bits per heavy atom. The van der Waals surface area contributed by atoms with E-state index < -0.39 is 10.0 Å². The maximum atomic E-state index is 13.5. The van der Waals surface area contributed by atoms with E-state index in [0.717, 1.165) is 0 Å². The molecule has 0 aliphatic rings. The third-order valence-electron chi connectivity index (χ3n) is 4.33. The Morgan fingerprint density at radius 3 is 2.50 bits per heavy atom. The lowest BCUT2D eigenvalue weighted by molar-refractivity contribution is 0.146. The SMILES string of the molecule is COCCOc1ccc(S(=O)(=O)NC[C@H](c2cccc(F)c2)N(C)C)cc1C. The van der Waals surface area contributed by atoms with Gasteiger partial charge in [0.15, 0.2) is 0 Å². The molecule has 0 heterocycles. The largest absolute Gasteiger partial charge is 0.491 e. The highest BCUT2D eigenvalue weighted by molar-refractivity contribution is 7.89. The second-order valence-electron chi connectivity index (χ2n) is 6.65. The average Bonchev–Trinajstić information content (AvgIpc) is 2.63. The van der Waals surface area contributed by atoms with Gasteiger partial charge in [0.1, 0.15) is 18.2 Å². The summed E-state index contributed by atoms with van der Waals surface area (Å²) in [5.74, 6) is 0.258. The summed E-state index contributed by atoms with van der Waals surface area (Å²) in [6.07, 6.45) is 0. The third-order valence-corrected chi connectivity index (χ3v) is 5.75. The van der Waals surface area contributed by atoms with Crippen molar-refractivity contribution in [1.82, 2.24) is 9.62 Å². The van der Waals surface area contributed by atoms with E-state index in [1.807, 2.05) is 19.0 Å². The number of halogens is 1. The molecule has 0 aliphatic heterocycles. The highest BCUT2D eigenvalue weighted by Crippen LogP contribution is 2.23. The molecule has 0 unspecified atom stereocenters. The van der Waals surface area contributed by atoms with Crippen molar-refractivity contribution in [3.8, 4) is 5.75 Å². The van der Waals surface area contributed by atoms with Crippen LogP contribution in [0.5, 0.6) is 5.75 Å². The number of likely N-dealkylation sites (N-methyl/N-ethyl adjacent to an activating group) is 1. The molecule has 0 aliphatic carbocycles. The van der Waals surface area contributed by atoms with Crippen LogP contribution in [-0.2, 0) is 14.8 Å².